The molecule has 1 N–H and O–H groups in total. The van der Waals surface area contributed by atoms with Gasteiger partial charge in [-0.2, -0.15) is 4.98 Å². The quantitative estimate of drug-likeness (QED) is 0.797. The maximum atomic E-state index is 5.20. The molecule has 0 atom stereocenters. The maximum Gasteiger partial charge on any atom is 0.243 e. The van der Waals surface area contributed by atoms with Gasteiger partial charge in [0.15, 0.2) is 5.65 Å². The molecule has 6 heteroatoms. The molecular weight excluding hydrogens is 320 g/mol. The van der Waals surface area contributed by atoms with Crippen molar-refractivity contribution in [2.24, 2.45) is 0 Å². The van der Waals surface area contributed by atoms with E-state index < -0.39 is 0 Å². The number of halogens is 1. The normalized spacial score (nSPS) is 10.7. The first kappa shape index (κ1) is 12.9. The largest absolute Gasteiger partial charge is 0.497 e. The topological polar surface area (TPSA) is 51.5 Å². The molecule has 0 aliphatic rings. The van der Waals surface area contributed by atoms with Gasteiger partial charge in [-0.15, -0.1) is 5.10 Å². The lowest BCUT2D eigenvalue weighted by atomic mass is 10.2. The molecule has 1 aromatic carbocycles. The molecule has 0 aliphatic carbocycles. The summed E-state index contributed by atoms with van der Waals surface area (Å²) in [6, 6.07) is 11.7. The van der Waals surface area contributed by atoms with E-state index in [1.807, 2.05) is 42.6 Å². The van der Waals surface area contributed by atoms with Gasteiger partial charge in [0.2, 0.25) is 5.95 Å². The van der Waals surface area contributed by atoms with E-state index in [0.717, 1.165) is 21.4 Å². The Kier molecular flexibility index (Phi) is 3.56. The number of hydrogen-bond donors (Lipinski definition) is 1. The Morgan fingerprint density at radius 1 is 1.30 bits per heavy atom. The van der Waals surface area contributed by atoms with Crippen LogP contribution in [0.15, 0.2) is 47.1 Å². The fourth-order valence-electron chi connectivity index (χ4n) is 1.90. The number of fused-ring (bicyclic) bond motifs is 1. The number of hydrogen-bond acceptors (Lipinski definition) is 4. The standard InChI is InChI=1S/C14H13BrN4O/c1-20-12-4-2-3-10(7-12)8-16-14-17-13-6-5-11(15)9-19(13)18-14/h2-7,9H,8H2,1H3,(H,16,18). The van der Waals surface area contributed by atoms with E-state index in [2.05, 4.69) is 31.3 Å². The molecule has 3 rings (SSSR count). The zero-order chi connectivity index (χ0) is 13.9. The van der Waals surface area contributed by atoms with Gasteiger partial charge in [0, 0.05) is 17.2 Å². The van der Waals surface area contributed by atoms with E-state index in [-0.39, 0.29) is 0 Å². The van der Waals surface area contributed by atoms with Crippen molar-refractivity contribution >= 4 is 27.5 Å². The highest BCUT2D eigenvalue weighted by Gasteiger charge is 2.03. The summed E-state index contributed by atoms with van der Waals surface area (Å²) >= 11 is 3.41. The second-order valence-corrected chi connectivity index (χ2v) is 5.21. The van der Waals surface area contributed by atoms with Gasteiger partial charge in [-0.25, -0.2) is 4.52 Å². The molecule has 0 fully saturated rings. The molecule has 0 saturated heterocycles. The van der Waals surface area contributed by atoms with Crippen molar-refractivity contribution in [1.82, 2.24) is 14.6 Å². The lowest BCUT2D eigenvalue weighted by Crippen LogP contribution is -2.01. The summed E-state index contributed by atoms with van der Waals surface area (Å²) in [6.45, 7) is 0.648. The first-order valence-electron chi connectivity index (χ1n) is 6.13. The molecule has 2 heterocycles. The summed E-state index contributed by atoms with van der Waals surface area (Å²) in [5.41, 5.74) is 1.92. The lowest BCUT2D eigenvalue weighted by Gasteiger charge is -2.04. The van der Waals surface area contributed by atoms with Crippen LogP contribution in [-0.4, -0.2) is 21.7 Å². The summed E-state index contributed by atoms with van der Waals surface area (Å²) in [4.78, 5) is 4.40. The first-order valence-corrected chi connectivity index (χ1v) is 6.92. The number of nitrogens with zero attached hydrogens (tertiary/aromatic N) is 3. The number of ether oxygens (including phenoxy) is 1. The van der Waals surface area contributed by atoms with Gasteiger partial charge in [0.25, 0.3) is 0 Å². The predicted molar refractivity (Wildman–Crippen MR) is 81.0 cm³/mol. The predicted octanol–water partition coefficient (Wildman–Crippen LogP) is 3.11. The molecule has 0 saturated carbocycles. The van der Waals surface area contributed by atoms with Gasteiger partial charge >= 0.3 is 0 Å². The van der Waals surface area contributed by atoms with Crippen LogP contribution < -0.4 is 10.1 Å². The minimum Gasteiger partial charge on any atom is -0.497 e. The molecule has 2 aromatic heterocycles. The summed E-state index contributed by atoms with van der Waals surface area (Å²) in [5, 5.41) is 7.57. The number of pyridine rings is 1. The molecule has 0 spiro atoms. The van der Waals surface area contributed by atoms with Gasteiger partial charge in [0.05, 0.1) is 7.11 Å². The first-order chi connectivity index (χ1) is 9.74. The number of anilines is 1. The fourth-order valence-corrected chi connectivity index (χ4v) is 2.22. The fraction of sp³-hybridized carbons (Fsp3) is 0.143. The average molecular weight is 333 g/mol. The molecule has 0 amide bonds. The van der Waals surface area contributed by atoms with Crippen LogP contribution in [-0.2, 0) is 6.54 Å². The molecule has 102 valence electrons. The van der Waals surface area contributed by atoms with Crippen LogP contribution in [0.5, 0.6) is 5.75 Å². The number of methoxy groups -OCH3 is 1. The van der Waals surface area contributed by atoms with Crippen LogP contribution in [0.4, 0.5) is 5.95 Å². The molecule has 0 radical (unpaired) electrons. The van der Waals surface area contributed by atoms with Crippen molar-refractivity contribution < 1.29 is 4.74 Å². The Balaban J connectivity index is 1.76. The number of benzene rings is 1. The third-order valence-corrected chi connectivity index (χ3v) is 3.35. The summed E-state index contributed by atoms with van der Waals surface area (Å²) in [7, 11) is 1.66. The molecule has 20 heavy (non-hydrogen) atoms. The van der Waals surface area contributed by atoms with E-state index in [4.69, 9.17) is 4.74 Å². The zero-order valence-corrected chi connectivity index (χ0v) is 12.5. The van der Waals surface area contributed by atoms with Crippen LogP contribution in [0.3, 0.4) is 0 Å². The number of rotatable bonds is 4. The molecule has 5 nitrogen and oxygen atoms in total. The Morgan fingerprint density at radius 2 is 2.20 bits per heavy atom. The van der Waals surface area contributed by atoms with Crippen LogP contribution >= 0.6 is 15.9 Å². The van der Waals surface area contributed by atoms with E-state index in [1.165, 1.54) is 0 Å². The average Bonchev–Trinajstić information content (AvgIpc) is 2.87. The maximum absolute atomic E-state index is 5.20. The van der Waals surface area contributed by atoms with Crippen LogP contribution in [0.25, 0.3) is 5.65 Å². The Morgan fingerprint density at radius 3 is 3.05 bits per heavy atom. The SMILES string of the molecule is COc1cccc(CNc2nc3ccc(Br)cn3n2)c1. The van der Waals surface area contributed by atoms with Gasteiger partial charge < -0.3 is 10.1 Å². The van der Waals surface area contributed by atoms with Gasteiger partial charge in [-0.1, -0.05) is 12.1 Å². The van der Waals surface area contributed by atoms with Crippen molar-refractivity contribution in [2.45, 2.75) is 6.54 Å². The van der Waals surface area contributed by atoms with Crippen molar-refractivity contribution in [3.05, 3.63) is 52.6 Å². The minimum atomic E-state index is 0.603. The monoisotopic (exact) mass is 332 g/mol. The number of nitrogens with one attached hydrogen (secondary N) is 1. The van der Waals surface area contributed by atoms with Crippen molar-refractivity contribution in [3.8, 4) is 5.75 Å². The van der Waals surface area contributed by atoms with E-state index in [1.54, 1.807) is 11.6 Å². The second kappa shape index (κ2) is 5.50. The lowest BCUT2D eigenvalue weighted by molar-refractivity contribution is 0.414. The van der Waals surface area contributed by atoms with Crippen molar-refractivity contribution in [2.75, 3.05) is 12.4 Å². The van der Waals surface area contributed by atoms with Crippen molar-refractivity contribution in [1.29, 1.82) is 0 Å². The van der Waals surface area contributed by atoms with Gasteiger partial charge in [0.1, 0.15) is 5.75 Å². The summed E-state index contributed by atoms with van der Waals surface area (Å²) < 4.78 is 7.90. The Labute approximate surface area is 124 Å². The summed E-state index contributed by atoms with van der Waals surface area (Å²) in [5.74, 6) is 1.45. The molecular formula is C14H13BrN4O. The minimum absolute atomic E-state index is 0.603. The third-order valence-electron chi connectivity index (χ3n) is 2.88. The summed E-state index contributed by atoms with van der Waals surface area (Å²) in [6.07, 6.45) is 1.87. The van der Waals surface area contributed by atoms with Gasteiger partial charge in [-0.05, 0) is 45.8 Å². The molecule has 3 aromatic rings. The highest BCUT2D eigenvalue weighted by atomic mass is 79.9. The van der Waals surface area contributed by atoms with E-state index in [9.17, 15) is 0 Å². The van der Waals surface area contributed by atoms with E-state index in [0.29, 0.717) is 12.5 Å². The Bertz CT molecular complexity index is 741. The molecule has 0 aliphatic heterocycles. The van der Waals surface area contributed by atoms with Crippen LogP contribution in [0, 0.1) is 0 Å². The molecule has 0 bridgehead atoms. The smallest absolute Gasteiger partial charge is 0.243 e. The van der Waals surface area contributed by atoms with Crippen molar-refractivity contribution in [3.63, 3.8) is 0 Å². The second-order valence-electron chi connectivity index (χ2n) is 4.29. The van der Waals surface area contributed by atoms with Crippen LogP contribution in [0.2, 0.25) is 0 Å². The Hall–Kier alpha value is -2.08. The highest BCUT2D eigenvalue weighted by Crippen LogP contribution is 2.15. The van der Waals surface area contributed by atoms with Gasteiger partial charge in [-0.3, -0.25) is 0 Å². The highest BCUT2D eigenvalue weighted by molar-refractivity contribution is 9.10. The zero-order valence-electron chi connectivity index (χ0n) is 10.9. The third kappa shape index (κ3) is 2.75. The van der Waals surface area contributed by atoms with Crippen LogP contribution in [0.1, 0.15) is 5.56 Å². The van der Waals surface area contributed by atoms with E-state index >= 15 is 0 Å². The number of aromatic nitrogens is 3. The molecule has 0 unspecified atom stereocenters.